The van der Waals surface area contributed by atoms with Gasteiger partial charge in [0, 0.05) is 17.5 Å². The minimum atomic E-state index is -0.0455. The first-order valence-corrected chi connectivity index (χ1v) is 7.95. The minimum Gasteiger partial charge on any atom is -0.484 e. The van der Waals surface area contributed by atoms with Crippen LogP contribution >= 0.6 is 11.8 Å². The highest BCUT2D eigenvalue weighted by atomic mass is 32.2. The Labute approximate surface area is 119 Å². The van der Waals surface area contributed by atoms with Crippen LogP contribution < -0.4 is 10.1 Å². The Bertz CT molecular complexity index is 377. The average Bonchev–Trinajstić information content (AvgIpc) is 2.96. The van der Waals surface area contributed by atoms with Gasteiger partial charge in [0.25, 0.3) is 5.91 Å². The average molecular weight is 279 g/mol. The van der Waals surface area contributed by atoms with Crippen LogP contribution in [0.4, 0.5) is 0 Å². The topological polar surface area (TPSA) is 38.3 Å². The Kier molecular flexibility index (Phi) is 6.08. The molecule has 1 fully saturated rings. The van der Waals surface area contributed by atoms with Crippen LogP contribution in [0, 0.1) is 0 Å². The van der Waals surface area contributed by atoms with Crippen molar-refractivity contribution in [2.45, 2.75) is 30.9 Å². The van der Waals surface area contributed by atoms with Gasteiger partial charge in [-0.2, -0.15) is 11.8 Å². The zero-order valence-electron chi connectivity index (χ0n) is 11.1. The highest BCUT2D eigenvalue weighted by molar-refractivity contribution is 7.99. The van der Waals surface area contributed by atoms with Crippen molar-refractivity contribution in [3.63, 3.8) is 0 Å². The summed E-state index contributed by atoms with van der Waals surface area (Å²) >= 11 is 1.98. The molecule has 1 saturated carbocycles. The van der Waals surface area contributed by atoms with E-state index in [1.807, 2.05) is 42.1 Å². The highest BCUT2D eigenvalue weighted by Crippen LogP contribution is 2.28. The minimum absolute atomic E-state index is 0.0455. The predicted octanol–water partition coefficient (Wildman–Crippen LogP) is 2.86. The zero-order chi connectivity index (χ0) is 13.3. The van der Waals surface area contributed by atoms with E-state index < -0.39 is 0 Å². The number of amides is 1. The maximum Gasteiger partial charge on any atom is 0.257 e. The van der Waals surface area contributed by atoms with Gasteiger partial charge in [0.15, 0.2) is 6.61 Å². The Morgan fingerprint density at radius 3 is 2.74 bits per heavy atom. The predicted molar refractivity (Wildman–Crippen MR) is 79.7 cm³/mol. The fraction of sp³-hybridized carbons (Fsp3) is 0.533. The molecule has 1 amide bonds. The number of hydrogen-bond donors (Lipinski definition) is 1. The number of nitrogens with one attached hydrogen (secondary N) is 1. The van der Waals surface area contributed by atoms with E-state index in [1.165, 1.54) is 25.7 Å². The molecule has 0 heterocycles. The van der Waals surface area contributed by atoms with Crippen molar-refractivity contribution in [2.75, 3.05) is 18.9 Å². The first-order chi connectivity index (χ1) is 9.34. The second kappa shape index (κ2) is 8.10. The molecule has 0 aromatic heterocycles. The van der Waals surface area contributed by atoms with Gasteiger partial charge in [-0.3, -0.25) is 4.79 Å². The van der Waals surface area contributed by atoms with Crippen molar-refractivity contribution in [3.8, 4) is 5.75 Å². The van der Waals surface area contributed by atoms with E-state index in [0.717, 1.165) is 23.3 Å². The van der Waals surface area contributed by atoms with Crippen LogP contribution in [0.2, 0.25) is 0 Å². The molecule has 3 nitrogen and oxygen atoms in total. The van der Waals surface area contributed by atoms with Gasteiger partial charge in [-0.15, -0.1) is 0 Å². The summed E-state index contributed by atoms with van der Waals surface area (Å²) in [5, 5.41) is 3.71. The number of carbonyl (C=O) groups excluding carboxylic acids is 1. The summed E-state index contributed by atoms with van der Waals surface area (Å²) in [4.78, 5) is 11.6. The largest absolute Gasteiger partial charge is 0.484 e. The molecule has 1 aliphatic carbocycles. The first kappa shape index (κ1) is 14.3. The van der Waals surface area contributed by atoms with Gasteiger partial charge in [0.1, 0.15) is 5.75 Å². The van der Waals surface area contributed by atoms with E-state index in [4.69, 9.17) is 4.74 Å². The molecule has 0 aliphatic heterocycles. The van der Waals surface area contributed by atoms with Crippen molar-refractivity contribution in [3.05, 3.63) is 30.3 Å². The van der Waals surface area contributed by atoms with Crippen LogP contribution in [-0.2, 0) is 4.79 Å². The maximum atomic E-state index is 11.6. The summed E-state index contributed by atoms with van der Waals surface area (Å²) in [5.41, 5.74) is 0. The molecule has 4 heteroatoms. The molecule has 0 saturated heterocycles. The normalized spacial score (nSPS) is 15.4. The number of benzene rings is 1. The maximum absolute atomic E-state index is 11.6. The van der Waals surface area contributed by atoms with Gasteiger partial charge in [0.2, 0.25) is 0 Å². The first-order valence-electron chi connectivity index (χ1n) is 6.91. The highest BCUT2D eigenvalue weighted by Gasteiger charge is 2.14. The SMILES string of the molecule is O=C(COc1ccccc1)NCCSC1CCCC1. The van der Waals surface area contributed by atoms with Gasteiger partial charge in [-0.25, -0.2) is 0 Å². The van der Waals surface area contributed by atoms with Gasteiger partial charge in [-0.1, -0.05) is 31.0 Å². The summed E-state index contributed by atoms with van der Waals surface area (Å²) in [6, 6.07) is 9.41. The Morgan fingerprint density at radius 1 is 1.26 bits per heavy atom. The van der Waals surface area contributed by atoms with Crippen LogP contribution in [0.1, 0.15) is 25.7 Å². The van der Waals surface area contributed by atoms with E-state index in [0.29, 0.717) is 0 Å². The quantitative estimate of drug-likeness (QED) is 0.780. The van der Waals surface area contributed by atoms with Gasteiger partial charge < -0.3 is 10.1 Å². The lowest BCUT2D eigenvalue weighted by molar-refractivity contribution is -0.122. The van der Waals surface area contributed by atoms with Crippen LogP contribution in [0.25, 0.3) is 0 Å². The molecule has 0 radical (unpaired) electrons. The molecule has 104 valence electrons. The molecule has 0 spiro atoms. The molecule has 1 aromatic rings. The third kappa shape index (κ3) is 5.55. The third-order valence-electron chi connectivity index (χ3n) is 3.19. The van der Waals surface area contributed by atoms with Crippen LogP contribution in [0.5, 0.6) is 5.75 Å². The van der Waals surface area contributed by atoms with Crippen molar-refractivity contribution in [2.24, 2.45) is 0 Å². The zero-order valence-corrected chi connectivity index (χ0v) is 12.0. The second-order valence-corrected chi connectivity index (χ2v) is 6.14. The Hall–Kier alpha value is -1.16. The smallest absolute Gasteiger partial charge is 0.257 e. The Morgan fingerprint density at radius 2 is 2.00 bits per heavy atom. The molecular formula is C15H21NO2S. The van der Waals surface area contributed by atoms with Gasteiger partial charge >= 0.3 is 0 Å². The van der Waals surface area contributed by atoms with Crippen LogP contribution in [0.3, 0.4) is 0 Å². The van der Waals surface area contributed by atoms with Gasteiger partial charge in [-0.05, 0) is 25.0 Å². The molecule has 1 N–H and O–H groups in total. The summed E-state index contributed by atoms with van der Waals surface area (Å²) in [6.07, 6.45) is 5.43. The summed E-state index contributed by atoms with van der Waals surface area (Å²) < 4.78 is 5.38. The molecule has 0 bridgehead atoms. The molecule has 1 aromatic carbocycles. The van der Waals surface area contributed by atoms with Crippen molar-refractivity contribution >= 4 is 17.7 Å². The van der Waals surface area contributed by atoms with Crippen LogP contribution in [-0.4, -0.2) is 30.1 Å². The van der Waals surface area contributed by atoms with Crippen molar-refractivity contribution in [1.29, 1.82) is 0 Å². The lowest BCUT2D eigenvalue weighted by atomic mass is 10.3. The molecule has 2 rings (SSSR count). The van der Waals surface area contributed by atoms with E-state index in [9.17, 15) is 4.79 Å². The van der Waals surface area contributed by atoms with Crippen molar-refractivity contribution < 1.29 is 9.53 Å². The monoisotopic (exact) mass is 279 g/mol. The number of rotatable bonds is 7. The number of para-hydroxylation sites is 1. The molecule has 19 heavy (non-hydrogen) atoms. The summed E-state index contributed by atoms with van der Waals surface area (Å²) in [7, 11) is 0. The number of carbonyl (C=O) groups is 1. The summed E-state index contributed by atoms with van der Waals surface area (Å²) in [5.74, 6) is 1.69. The van der Waals surface area contributed by atoms with E-state index in [-0.39, 0.29) is 12.5 Å². The standard InChI is InChI=1S/C15H21NO2S/c17-15(12-18-13-6-2-1-3-7-13)16-10-11-19-14-8-4-5-9-14/h1-3,6-7,14H,4-5,8-12H2,(H,16,17). The lowest BCUT2D eigenvalue weighted by Gasteiger charge is -2.10. The third-order valence-corrected chi connectivity index (χ3v) is 4.58. The molecule has 0 unspecified atom stereocenters. The lowest BCUT2D eigenvalue weighted by Crippen LogP contribution is -2.30. The Balaban J connectivity index is 1.52. The molecule has 1 aliphatic rings. The van der Waals surface area contributed by atoms with Gasteiger partial charge in [0.05, 0.1) is 0 Å². The number of hydrogen-bond acceptors (Lipinski definition) is 3. The molecular weight excluding hydrogens is 258 g/mol. The number of ether oxygens (including phenoxy) is 1. The fourth-order valence-electron chi connectivity index (χ4n) is 2.19. The molecule has 0 atom stereocenters. The number of thioether (sulfide) groups is 1. The summed E-state index contributed by atoms with van der Waals surface area (Å²) in [6.45, 7) is 0.830. The second-order valence-electron chi connectivity index (χ2n) is 4.73. The van der Waals surface area contributed by atoms with E-state index >= 15 is 0 Å². The fourth-order valence-corrected chi connectivity index (χ4v) is 3.41. The van der Waals surface area contributed by atoms with Crippen LogP contribution in [0.15, 0.2) is 30.3 Å². The van der Waals surface area contributed by atoms with E-state index in [1.54, 1.807) is 0 Å². The van der Waals surface area contributed by atoms with E-state index in [2.05, 4.69) is 5.32 Å². The van der Waals surface area contributed by atoms with Crippen molar-refractivity contribution in [1.82, 2.24) is 5.32 Å².